The van der Waals surface area contributed by atoms with Crippen molar-refractivity contribution in [2.45, 2.75) is 60.7 Å². The standard InChI is InChI=1S/C33H38O18/c1-44-16-7-12(4-5-15(16)36)20-21-13(8-17(45-2)24(38)28(21)46-3)6-14-22(20)31(43)47-10-19-25(39)29(49-30(14)42)33(11-35,50-19)51-32-27(41)26(40)23(37)18(9-34)48-32/h4-8,18-20,22-23,25-27,29,32,34-41H,9-11H2,1-3H3/t18-,19-,20-,22+,23-,25-,26+,27-,29+,32-,33+/m1/s1. The zero-order valence-corrected chi connectivity index (χ0v) is 27.4. The van der Waals surface area contributed by atoms with Gasteiger partial charge >= 0.3 is 11.9 Å². The molecule has 278 valence electrons. The van der Waals surface area contributed by atoms with Crippen LogP contribution in [0, 0.1) is 5.92 Å². The minimum absolute atomic E-state index is 0.0188. The van der Waals surface area contributed by atoms with Gasteiger partial charge in [0.2, 0.25) is 11.5 Å². The maximum Gasteiger partial charge on any atom is 0.335 e. The number of ether oxygens (including phenoxy) is 8. The smallest absolute Gasteiger partial charge is 0.335 e. The molecule has 18 nitrogen and oxygen atoms in total. The lowest BCUT2D eigenvalue weighted by Gasteiger charge is -2.43. The Kier molecular flexibility index (Phi) is 10.1. The second-order valence-corrected chi connectivity index (χ2v) is 12.3. The molecule has 11 atom stereocenters. The number of aromatic hydroxyl groups is 2. The quantitative estimate of drug-likeness (QED) is 0.137. The first-order valence-electron chi connectivity index (χ1n) is 15.7. The zero-order valence-electron chi connectivity index (χ0n) is 27.4. The molecule has 6 rings (SSSR count). The van der Waals surface area contributed by atoms with Crippen LogP contribution in [-0.2, 0) is 33.3 Å². The molecule has 8 N–H and O–H groups in total. The number of fused-ring (bicyclic) bond motifs is 4. The molecule has 0 aromatic heterocycles. The summed E-state index contributed by atoms with van der Waals surface area (Å²) in [7, 11) is 3.88. The van der Waals surface area contributed by atoms with Gasteiger partial charge in [-0.25, -0.2) is 4.79 Å². The molecular weight excluding hydrogens is 684 g/mol. The maximum absolute atomic E-state index is 14.3. The number of methoxy groups -OCH3 is 3. The minimum atomic E-state index is -2.51. The van der Waals surface area contributed by atoms with E-state index in [1.54, 1.807) is 0 Å². The van der Waals surface area contributed by atoms with E-state index in [0.29, 0.717) is 5.56 Å². The van der Waals surface area contributed by atoms with Crippen LogP contribution < -0.4 is 14.2 Å². The number of esters is 2. The second kappa shape index (κ2) is 14.1. The van der Waals surface area contributed by atoms with Crippen LogP contribution in [0.25, 0.3) is 6.08 Å². The van der Waals surface area contributed by atoms with Crippen molar-refractivity contribution in [1.82, 2.24) is 0 Å². The van der Waals surface area contributed by atoms with Gasteiger partial charge in [0.05, 0.1) is 33.5 Å². The van der Waals surface area contributed by atoms with Gasteiger partial charge in [0.1, 0.15) is 55.8 Å². The van der Waals surface area contributed by atoms with E-state index in [9.17, 15) is 50.4 Å². The lowest BCUT2D eigenvalue weighted by Crippen LogP contribution is -2.63. The molecule has 2 bridgehead atoms. The fourth-order valence-electron chi connectivity index (χ4n) is 6.96. The molecule has 3 fully saturated rings. The number of aliphatic hydroxyl groups excluding tert-OH is 6. The lowest BCUT2D eigenvalue weighted by atomic mass is 9.70. The first-order chi connectivity index (χ1) is 24.3. The van der Waals surface area contributed by atoms with Crippen LogP contribution in [0.2, 0.25) is 0 Å². The Hall–Kier alpha value is -4.24. The number of aliphatic hydroxyl groups is 6. The van der Waals surface area contributed by atoms with Crippen molar-refractivity contribution in [1.29, 1.82) is 0 Å². The summed E-state index contributed by atoms with van der Waals surface area (Å²) in [6.45, 7) is -2.63. The molecule has 0 unspecified atom stereocenters. The summed E-state index contributed by atoms with van der Waals surface area (Å²) in [5, 5.41) is 84.1. The number of benzene rings is 2. The van der Waals surface area contributed by atoms with Crippen LogP contribution in [0.15, 0.2) is 29.8 Å². The van der Waals surface area contributed by atoms with E-state index < -0.39 is 104 Å². The van der Waals surface area contributed by atoms with Gasteiger partial charge in [0.25, 0.3) is 0 Å². The summed E-state index contributed by atoms with van der Waals surface area (Å²) in [6, 6.07) is 5.59. The van der Waals surface area contributed by atoms with Gasteiger partial charge in [-0.15, -0.1) is 0 Å². The Balaban J connectivity index is 1.48. The predicted molar refractivity (Wildman–Crippen MR) is 166 cm³/mol. The van der Waals surface area contributed by atoms with E-state index in [4.69, 9.17) is 37.9 Å². The number of hydrogen-bond donors (Lipinski definition) is 8. The molecular formula is C33H38O18. The van der Waals surface area contributed by atoms with Gasteiger partial charge in [0, 0.05) is 11.5 Å². The molecule has 0 spiro atoms. The number of rotatable bonds is 8. The number of phenols is 2. The van der Waals surface area contributed by atoms with Crippen molar-refractivity contribution in [2.24, 2.45) is 5.92 Å². The average Bonchev–Trinajstić information content (AvgIpc) is 3.38. The van der Waals surface area contributed by atoms with E-state index >= 15 is 0 Å². The van der Waals surface area contributed by atoms with Gasteiger partial charge in [0.15, 0.2) is 35.4 Å². The molecule has 2 aromatic carbocycles. The summed E-state index contributed by atoms with van der Waals surface area (Å²) in [6.07, 6.45) is -12.8. The Bertz CT molecular complexity index is 1690. The fourth-order valence-corrected chi connectivity index (χ4v) is 6.96. The summed E-state index contributed by atoms with van der Waals surface area (Å²) in [5.41, 5.74) is 0.449. The monoisotopic (exact) mass is 722 g/mol. The zero-order chi connectivity index (χ0) is 36.9. The minimum Gasteiger partial charge on any atom is -0.504 e. The van der Waals surface area contributed by atoms with Gasteiger partial charge < -0.3 is 78.7 Å². The third kappa shape index (κ3) is 6.01. The Morgan fingerprint density at radius 1 is 0.882 bits per heavy atom. The van der Waals surface area contributed by atoms with Crippen LogP contribution in [0.4, 0.5) is 0 Å². The third-order valence-electron chi connectivity index (χ3n) is 9.54. The molecule has 3 saturated heterocycles. The van der Waals surface area contributed by atoms with Crippen molar-refractivity contribution in [3.8, 4) is 28.7 Å². The molecule has 3 heterocycles. The Morgan fingerprint density at radius 2 is 1.61 bits per heavy atom. The summed E-state index contributed by atoms with van der Waals surface area (Å²) in [5.74, 6) is -8.18. The fraction of sp³-hybridized carbons (Fsp3) is 0.515. The number of phenolic OH excluding ortho intramolecular Hbond substituents is 2. The van der Waals surface area contributed by atoms with Crippen molar-refractivity contribution in [3.63, 3.8) is 0 Å². The highest BCUT2D eigenvalue weighted by atomic mass is 16.8. The topological polar surface area (TPSA) is 270 Å². The van der Waals surface area contributed by atoms with Gasteiger partial charge in [-0.3, -0.25) is 4.79 Å². The largest absolute Gasteiger partial charge is 0.504 e. The Morgan fingerprint density at radius 3 is 2.25 bits per heavy atom. The number of cyclic esters (lactones) is 1. The first kappa shape index (κ1) is 36.5. The maximum atomic E-state index is 14.3. The highest BCUT2D eigenvalue weighted by Crippen LogP contribution is 2.54. The van der Waals surface area contributed by atoms with Crippen LogP contribution >= 0.6 is 0 Å². The van der Waals surface area contributed by atoms with Crippen molar-refractivity contribution in [3.05, 3.63) is 46.5 Å². The molecule has 4 aliphatic rings. The van der Waals surface area contributed by atoms with Crippen LogP contribution in [0.5, 0.6) is 28.7 Å². The van der Waals surface area contributed by atoms with Crippen LogP contribution in [0.1, 0.15) is 22.6 Å². The van der Waals surface area contributed by atoms with E-state index in [0.717, 1.165) is 0 Å². The molecule has 3 aliphatic heterocycles. The average molecular weight is 723 g/mol. The summed E-state index contributed by atoms with van der Waals surface area (Å²) in [4.78, 5) is 28.4. The molecule has 51 heavy (non-hydrogen) atoms. The number of carbonyl (C=O) groups is 2. The van der Waals surface area contributed by atoms with Crippen molar-refractivity contribution in [2.75, 3.05) is 41.2 Å². The first-order valence-corrected chi connectivity index (χ1v) is 15.7. The summed E-state index contributed by atoms with van der Waals surface area (Å²) >= 11 is 0. The SMILES string of the molecule is COc1cc([C@@H]2c3c(cc(OC)c(O)c3OC)C=C3C(=O)O[C@H]4[C@H](O)[C@@H](COC(=O)[C@@H]32)O[C@@]4(CO)O[C@H]2O[C@H](CO)[C@@H](O)[C@H](O)[C@H]2O)ccc1O. The third-order valence-corrected chi connectivity index (χ3v) is 9.54. The van der Waals surface area contributed by atoms with E-state index in [2.05, 4.69) is 0 Å². The number of carbonyl (C=O) groups excluding carboxylic acids is 2. The van der Waals surface area contributed by atoms with Gasteiger partial charge in [-0.2, -0.15) is 0 Å². The number of hydrogen-bond acceptors (Lipinski definition) is 18. The highest BCUT2D eigenvalue weighted by molar-refractivity contribution is 6.02. The molecule has 0 saturated carbocycles. The van der Waals surface area contributed by atoms with E-state index in [1.807, 2.05) is 0 Å². The molecule has 0 radical (unpaired) electrons. The molecule has 18 heteroatoms. The van der Waals surface area contributed by atoms with Crippen molar-refractivity contribution >= 4 is 18.0 Å². The van der Waals surface area contributed by atoms with E-state index in [1.165, 1.54) is 51.7 Å². The second-order valence-electron chi connectivity index (χ2n) is 12.3. The van der Waals surface area contributed by atoms with Gasteiger partial charge in [-0.1, -0.05) is 6.07 Å². The normalized spacial score (nSPS) is 34.7. The predicted octanol–water partition coefficient (Wildman–Crippen LogP) is -2.00. The molecule has 2 aromatic rings. The van der Waals surface area contributed by atoms with Crippen LogP contribution in [0.3, 0.4) is 0 Å². The van der Waals surface area contributed by atoms with Gasteiger partial charge in [-0.05, 0) is 35.4 Å². The van der Waals surface area contributed by atoms with E-state index in [-0.39, 0.29) is 39.7 Å². The van der Waals surface area contributed by atoms with Crippen molar-refractivity contribution < 1.29 is 88.3 Å². The highest BCUT2D eigenvalue weighted by Gasteiger charge is 2.62. The lowest BCUT2D eigenvalue weighted by molar-refractivity contribution is -0.383. The molecule has 1 aliphatic carbocycles. The van der Waals surface area contributed by atoms with Crippen LogP contribution in [-0.4, -0.2) is 149 Å². The Labute approximate surface area is 289 Å². The summed E-state index contributed by atoms with van der Waals surface area (Å²) < 4.78 is 44.6. The molecule has 0 amide bonds.